The van der Waals surface area contributed by atoms with Crippen LogP contribution in [0.2, 0.25) is 0 Å². The molecule has 8 heteroatoms. The molecule has 0 bridgehead atoms. The lowest BCUT2D eigenvalue weighted by Crippen LogP contribution is -2.37. The lowest BCUT2D eigenvalue weighted by atomic mass is 9.80. The zero-order chi connectivity index (χ0) is 25.2. The summed E-state index contributed by atoms with van der Waals surface area (Å²) in [5.41, 5.74) is 3.37. The number of esters is 1. The first-order valence-electron chi connectivity index (χ1n) is 11.4. The average Bonchev–Trinajstić information content (AvgIpc) is 3.24. The van der Waals surface area contributed by atoms with Gasteiger partial charge in [-0.15, -0.1) is 0 Å². The Bertz CT molecular complexity index is 1460. The third kappa shape index (κ3) is 4.02. The first-order chi connectivity index (χ1) is 17.5. The first kappa shape index (κ1) is 23.0. The van der Waals surface area contributed by atoms with Gasteiger partial charge in [-0.05, 0) is 42.3 Å². The van der Waals surface area contributed by atoms with Crippen LogP contribution >= 0.6 is 0 Å². The minimum atomic E-state index is -1.30. The van der Waals surface area contributed by atoms with Crippen LogP contribution in [0.5, 0.6) is 5.88 Å². The van der Waals surface area contributed by atoms with Crippen LogP contribution in [0.3, 0.4) is 0 Å². The highest BCUT2D eigenvalue weighted by Crippen LogP contribution is 2.47. The summed E-state index contributed by atoms with van der Waals surface area (Å²) in [6.45, 7) is 1.79. The molecule has 0 spiro atoms. The molecule has 0 amide bonds. The second-order valence-electron chi connectivity index (χ2n) is 8.40. The Morgan fingerprint density at radius 2 is 1.67 bits per heavy atom. The molecule has 36 heavy (non-hydrogen) atoms. The Balaban J connectivity index is 1.81. The number of nitrogens with zero attached hydrogens (tertiary/aromatic N) is 3. The van der Waals surface area contributed by atoms with E-state index in [0.717, 1.165) is 11.3 Å². The number of carbonyl (C=O) groups excluding carboxylic acids is 1. The maximum atomic E-state index is 12.7. The van der Waals surface area contributed by atoms with Gasteiger partial charge in [-0.25, -0.2) is 9.48 Å². The van der Waals surface area contributed by atoms with Crippen LogP contribution in [0, 0.1) is 17.0 Å². The predicted octanol–water partition coefficient (Wildman–Crippen LogP) is 5.18. The van der Waals surface area contributed by atoms with E-state index < -0.39 is 17.9 Å². The number of ether oxygens (including phenoxy) is 2. The molecule has 5 rings (SSSR count). The zero-order valence-corrected chi connectivity index (χ0v) is 19.7. The van der Waals surface area contributed by atoms with Gasteiger partial charge in [0.1, 0.15) is 0 Å². The molecule has 1 aliphatic rings. The van der Waals surface area contributed by atoms with Crippen molar-refractivity contribution in [2.45, 2.75) is 18.9 Å². The number of carbonyl (C=O) groups is 1. The highest BCUT2D eigenvalue weighted by molar-refractivity contribution is 5.91. The molecule has 0 radical (unpaired) electrons. The van der Waals surface area contributed by atoms with Gasteiger partial charge in [0, 0.05) is 4.92 Å². The number of methoxy groups -OCH3 is 1. The molecule has 0 saturated heterocycles. The molecule has 180 valence electrons. The van der Waals surface area contributed by atoms with Crippen molar-refractivity contribution < 1.29 is 19.2 Å². The lowest BCUT2D eigenvalue weighted by molar-refractivity contribution is -0.519. The third-order valence-electron chi connectivity index (χ3n) is 6.23. The van der Waals surface area contributed by atoms with Crippen LogP contribution in [0.15, 0.2) is 90.7 Å². The van der Waals surface area contributed by atoms with E-state index in [2.05, 4.69) is 0 Å². The van der Waals surface area contributed by atoms with Gasteiger partial charge in [-0.2, -0.15) is 5.10 Å². The molecular formula is C28H23N3O5. The minimum Gasteiger partial charge on any atom is -0.465 e. The van der Waals surface area contributed by atoms with E-state index in [1.54, 1.807) is 41.9 Å². The van der Waals surface area contributed by atoms with Gasteiger partial charge in [0.05, 0.1) is 35.5 Å². The molecule has 1 aromatic heterocycles. The normalized spacial score (nSPS) is 17.8. The largest absolute Gasteiger partial charge is 0.465 e. The highest BCUT2D eigenvalue weighted by Gasteiger charge is 2.48. The second-order valence-corrected chi connectivity index (χ2v) is 8.40. The van der Waals surface area contributed by atoms with Crippen LogP contribution < -0.4 is 4.74 Å². The SMILES string of the molecule is COC(=O)c1ccccc1[C@@H]1c2c(C)nn(-c3ccccc3)c2O/C(=C\c2ccccc2)[C@H]1[N+](=O)[O-]. The summed E-state index contributed by atoms with van der Waals surface area (Å²) in [6.07, 6.45) is 1.67. The Morgan fingerprint density at radius 3 is 2.33 bits per heavy atom. The van der Waals surface area contributed by atoms with E-state index in [1.807, 2.05) is 60.7 Å². The van der Waals surface area contributed by atoms with E-state index in [9.17, 15) is 14.9 Å². The van der Waals surface area contributed by atoms with Gasteiger partial charge in [-0.1, -0.05) is 66.7 Å². The maximum Gasteiger partial charge on any atom is 0.338 e. The van der Waals surface area contributed by atoms with Crippen molar-refractivity contribution in [3.05, 3.63) is 129 Å². The minimum absolute atomic E-state index is 0.153. The van der Waals surface area contributed by atoms with Gasteiger partial charge < -0.3 is 9.47 Å². The molecule has 0 unspecified atom stereocenters. The lowest BCUT2D eigenvalue weighted by Gasteiger charge is -2.30. The zero-order valence-electron chi connectivity index (χ0n) is 19.7. The van der Waals surface area contributed by atoms with Crippen molar-refractivity contribution >= 4 is 12.0 Å². The van der Waals surface area contributed by atoms with Gasteiger partial charge in [0.2, 0.25) is 5.88 Å². The molecule has 0 saturated carbocycles. The molecule has 2 heterocycles. The summed E-state index contributed by atoms with van der Waals surface area (Å²) in [5, 5.41) is 17.3. The van der Waals surface area contributed by atoms with Crippen LogP contribution in [0.1, 0.15) is 38.7 Å². The van der Waals surface area contributed by atoms with Gasteiger partial charge >= 0.3 is 5.97 Å². The summed E-state index contributed by atoms with van der Waals surface area (Å²) in [5.74, 6) is -0.877. The average molecular weight is 482 g/mol. The van der Waals surface area contributed by atoms with Crippen LogP contribution in [0.25, 0.3) is 11.8 Å². The monoisotopic (exact) mass is 481 g/mol. The molecule has 0 aliphatic carbocycles. The van der Waals surface area contributed by atoms with Crippen molar-refractivity contribution in [2.75, 3.05) is 7.11 Å². The summed E-state index contributed by atoms with van der Waals surface area (Å²) >= 11 is 0. The van der Waals surface area contributed by atoms with E-state index in [4.69, 9.17) is 14.6 Å². The summed E-state index contributed by atoms with van der Waals surface area (Å²) in [6, 6.07) is 24.2. The molecule has 1 aliphatic heterocycles. The number of nitro groups is 1. The summed E-state index contributed by atoms with van der Waals surface area (Å²) in [7, 11) is 1.29. The predicted molar refractivity (Wildman–Crippen MR) is 134 cm³/mol. The Kier molecular flexibility index (Phi) is 6.08. The molecule has 0 fully saturated rings. The Morgan fingerprint density at radius 1 is 1.03 bits per heavy atom. The fraction of sp³-hybridized carbons (Fsp3) is 0.143. The molecule has 2 atom stereocenters. The van der Waals surface area contributed by atoms with E-state index in [-0.39, 0.29) is 16.2 Å². The van der Waals surface area contributed by atoms with Gasteiger partial charge in [-0.3, -0.25) is 10.1 Å². The van der Waals surface area contributed by atoms with Crippen molar-refractivity contribution in [2.24, 2.45) is 0 Å². The van der Waals surface area contributed by atoms with E-state index >= 15 is 0 Å². The molecule has 8 nitrogen and oxygen atoms in total. The van der Waals surface area contributed by atoms with Crippen molar-refractivity contribution in [3.63, 3.8) is 0 Å². The molecular weight excluding hydrogens is 458 g/mol. The smallest absolute Gasteiger partial charge is 0.338 e. The van der Waals surface area contributed by atoms with E-state index in [0.29, 0.717) is 22.7 Å². The number of para-hydroxylation sites is 1. The van der Waals surface area contributed by atoms with Crippen LogP contribution in [-0.4, -0.2) is 33.8 Å². The molecule has 4 aromatic rings. The van der Waals surface area contributed by atoms with Gasteiger partial charge in [0.15, 0.2) is 5.76 Å². The number of rotatable bonds is 5. The maximum absolute atomic E-state index is 12.7. The van der Waals surface area contributed by atoms with E-state index in [1.165, 1.54) is 7.11 Å². The highest BCUT2D eigenvalue weighted by atomic mass is 16.6. The Labute approximate surface area is 207 Å². The summed E-state index contributed by atoms with van der Waals surface area (Å²) < 4.78 is 12.9. The van der Waals surface area contributed by atoms with Crippen molar-refractivity contribution in [1.29, 1.82) is 0 Å². The number of hydrogen-bond donors (Lipinski definition) is 0. The quantitative estimate of drug-likeness (QED) is 0.221. The standard InChI is InChI=1S/C28H23N3O5/c1-18-24-25(21-15-9-10-16-22(21)28(32)35-2)26(31(33)34)23(17-19-11-5-3-6-12-19)36-27(24)30(29-18)20-13-7-4-8-14-20/h3-17,25-26H,1-2H3/b23-17-/t25-,26-/m1/s1. The number of hydrogen-bond acceptors (Lipinski definition) is 6. The second kappa shape index (κ2) is 9.50. The number of benzene rings is 3. The topological polar surface area (TPSA) is 96.5 Å². The number of fused-ring (bicyclic) bond motifs is 1. The van der Waals surface area contributed by atoms with Crippen LogP contribution in [-0.2, 0) is 4.74 Å². The fourth-order valence-electron chi connectivity index (χ4n) is 4.66. The summed E-state index contributed by atoms with van der Waals surface area (Å²) in [4.78, 5) is 25.0. The molecule has 3 aromatic carbocycles. The number of aryl methyl sites for hydroxylation is 1. The van der Waals surface area contributed by atoms with Crippen LogP contribution in [0.4, 0.5) is 0 Å². The first-order valence-corrected chi connectivity index (χ1v) is 11.4. The van der Waals surface area contributed by atoms with Crippen molar-refractivity contribution in [3.8, 4) is 11.6 Å². The van der Waals surface area contributed by atoms with Gasteiger partial charge in [0.25, 0.3) is 6.04 Å². The number of aromatic nitrogens is 2. The third-order valence-corrected chi connectivity index (χ3v) is 6.23. The molecule has 0 N–H and O–H groups in total. The fourth-order valence-corrected chi connectivity index (χ4v) is 4.66. The Hall–Kier alpha value is -4.72. The van der Waals surface area contributed by atoms with Crippen molar-refractivity contribution in [1.82, 2.24) is 9.78 Å².